The summed E-state index contributed by atoms with van der Waals surface area (Å²) >= 11 is 6.68. The van der Waals surface area contributed by atoms with E-state index < -0.39 is 0 Å². The maximum atomic E-state index is 13.6. The topological polar surface area (TPSA) is 110 Å². The van der Waals surface area contributed by atoms with E-state index in [4.69, 9.17) is 27.7 Å². The standard InChI is InChI=1S/C24H27N5O4S2/c1-14-4-2-8-28-20(14)26-21(27-9-6-15(7-10-27)19(25)30)17(22(28)31)12-18-23(32)29(24(34)35-18)13-16-5-3-11-33-16/h2,4,8,12,15-16H,3,5-7,9-11,13H2,1H3,(H2,25,30)/b18-12-/t16-/m0/s1. The number of fused-ring (bicyclic) bond motifs is 1. The Bertz CT molecular complexity index is 1290. The van der Waals surface area contributed by atoms with E-state index in [1.54, 1.807) is 23.2 Å². The number of rotatable bonds is 5. The molecule has 0 aliphatic carbocycles. The third kappa shape index (κ3) is 4.60. The molecule has 2 aromatic rings. The van der Waals surface area contributed by atoms with Gasteiger partial charge in [-0.25, -0.2) is 4.98 Å². The van der Waals surface area contributed by atoms with E-state index in [1.165, 1.54) is 16.2 Å². The molecule has 3 aliphatic rings. The van der Waals surface area contributed by atoms with Crippen molar-refractivity contribution in [2.24, 2.45) is 11.7 Å². The second-order valence-corrected chi connectivity index (χ2v) is 10.8. The van der Waals surface area contributed by atoms with E-state index in [0.717, 1.165) is 18.4 Å². The van der Waals surface area contributed by atoms with Gasteiger partial charge in [0.1, 0.15) is 15.8 Å². The van der Waals surface area contributed by atoms with Crippen molar-refractivity contribution in [3.63, 3.8) is 0 Å². The van der Waals surface area contributed by atoms with Crippen molar-refractivity contribution < 1.29 is 14.3 Å². The highest BCUT2D eigenvalue weighted by Crippen LogP contribution is 2.35. The molecule has 3 aliphatic heterocycles. The second kappa shape index (κ2) is 9.71. The summed E-state index contributed by atoms with van der Waals surface area (Å²) in [6, 6.07) is 3.70. The molecular weight excluding hydrogens is 486 g/mol. The Kier molecular flexibility index (Phi) is 6.65. The highest BCUT2D eigenvalue weighted by molar-refractivity contribution is 8.26. The molecule has 184 valence electrons. The lowest BCUT2D eigenvalue weighted by atomic mass is 9.96. The van der Waals surface area contributed by atoms with Gasteiger partial charge in [-0.3, -0.25) is 23.7 Å². The zero-order chi connectivity index (χ0) is 24.7. The van der Waals surface area contributed by atoms with Gasteiger partial charge in [0.15, 0.2) is 0 Å². The molecule has 35 heavy (non-hydrogen) atoms. The summed E-state index contributed by atoms with van der Waals surface area (Å²) in [5, 5.41) is 0. The van der Waals surface area contributed by atoms with Crippen molar-refractivity contribution in [3.05, 3.63) is 44.7 Å². The number of nitrogens with zero attached hydrogens (tertiary/aromatic N) is 4. The van der Waals surface area contributed by atoms with Crippen LogP contribution in [0, 0.1) is 12.8 Å². The fourth-order valence-corrected chi connectivity index (χ4v) is 6.08. The monoisotopic (exact) mass is 513 g/mol. The van der Waals surface area contributed by atoms with Crippen LogP contribution < -0.4 is 16.2 Å². The number of piperidine rings is 1. The van der Waals surface area contributed by atoms with Gasteiger partial charge >= 0.3 is 0 Å². The average molecular weight is 514 g/mol. The van der Waals surface area contributed by atoms with E-state index in [-0.39, 0.29) is 29.4 Å². The zero-order valence-electron chi connectivity index (χ0n) is 19.4. The number of carbonyl (C=O) groups excluding carboxylic acids is 2. The Balaban J connectivity index is 1.54. The van der Waals surface area contributed by atoms with Crippen molar-refractivity contribution in [3.8, 4) is 0 Å². The summed E-state index contributed by atoms with van der Waals surface area (Å²) in [5.74, 6) is -0.200. The normalized spacial score (nSPS) is 22.7. The van der Waals surface area contributed by atoms with Gasteiger partial charge in [0.25, 0.3) is 11.5 Å². The molecule has 11 heteroatoms. The summed E-state index contributed by atoms with van der Waals surface area (Å²) in [7, 11) is 0. The molecule has 3 fully saturated rings. The summed E-state index contributed by atoms with van der Waals surface area (Å²) < 4.78 is 7.65. The molecule has 1 atom stereocenters. The number of ether oxygens (including phenoxy) is 1. The second-order valence-electron chi connectivity index (χ2n) is 9.13. The molecule has 2 amide bonds. The minimum atomic E-state index is -0.304. The van der Waals surface area contributed by atoms with E-state index in [1.807, 2.05) is 17.9 Å². The predicted molar refractivity (Wildman–Crippen MR) is 139 cm³/mol. The Labute approximate surface area is 212 Å². The van der Waals surface area contributed by atoms with Crippen molar-refractivity contribution in [1.29, 1.82) is 0 Å². The first kappa shape index (κ1) is 24.0. The number of hydrogen-bond acceptors (Lipinski definition) is 8. The fraction of sp³-hybridized carbons (Fsp3) is 0.458. The third-order valence-electron chi connectivity index (χ3n) is 6.82. The largest absolute Gasteiger partial charge is 0.376 e. The number of amides is 2. The van der Waals surface area contributed by atoms with Crippen LogP contribution in [0.3, 0.4) is 0 Å². The summed E-state index contributed by atoms with van der Waals surface area (Å²) in [4.78, 5) is 47.4. The molecule has 0 saturated carbocycles. The predicted octanol–water partition coefficient (Wildman–Crippen LogP) is 2.08. The van der Waals surface area contributed by atoms with Crippen LogP contribution in [0.15, 0.2) is 28.0 Å². The van der Waals surface area contributed by atoms with Crippen molar-refractivity contribution in [1.82, 2.24) is 14.3 Å². The van der Waals surface area contributed by atoms with Gasteiger partial charge in [-0.15, -0.1) is 0 Å². The molecule has 5 heterocycles. The van der Waals surface area contributed by atoms with Crippen LogP contribution in [0.25, 0.3) is 11.7 Å². The van der Waals surface area contributed by atoms with Crippen molar-refractivity contribution >= 4 is 57.7 Å². The van der Waals surface area contributed by atoms with Gasteiger partial charge < -0.3 is 15.4 Å². The number of primary amides is 1. The first-order valence-corrected chi connectivity index (χ1v) is 13.0. The molecule has 0 radical (unpaired) electrons. The lowest BCUT2D eigenvalue weighted by Crippen LogP contribution is -2.40. The molecule has 3 saturated heterocycles. The number of nitrogens with two attached hydrogens (primary N) is 1. The van der Waals surface area contributed by atoms with Crippen LogP contribution in [0.1, 0.15) is 36.8 Å². The van der Waals surface area contributed by atoms with Gasteiger partial charge in [0.05, 0.1) is 23.1 Å². The average Bonchev–Trinajstić information content (AvgIpc) is 3.45. The van der Waals surface area contributed by atoms with Gasteiger partial charge in [-0.05, 0) is 50.3 Å². The lowest BCUT2D eigenvalue weighted by molar-refractivity contribution is -0.123. The summed E-state index contributed by atoms with van der Waals surface area (Å²) in [6.45, 7) is 4.11. The van der Waals surface area contributed by atoms with E-state index in [2.05, 4.69) is 0 Å². The van der Waals surface area contributed by atoms with Gasteiger partial charge in [-0.2, -0.15) is 0 Å². The number of thiocarbonyl (C=S) groups is 1. The molecule has 9 nitrogen and oxygen atoms in total. The van der Waals surface area contributed by atoms with E-state index >= 15 is 0 Å². The molecule has 0 aromatic carbocycles. The Hall–Kier alpha value is -2.76. The number of thioether (sulfide) groups is 1. The van der Waals surface area contributed by atoms with Gasteiger partial charge in [0, 0.05) is 31.8 Å². The maximum Gasteiger partial charge on any atom is 0.267 e. The Morgan fingerprint density at radius 1 is 1.31 bits per heavy atom. The molecule has 2 N–H and O–H groups in total. The van der Waals surface area contributed by atoms with E-state index in [9.17, 15) is 14.4 Å². The SMILES string of the molecule is Cc1cccn2c(=O)c(/C=C3\SC(=S)N(C[C@@H]4CCCO4)C3=O)c(N3CCC(C(N)=O)CC3)nc12. The van der Waals surface area contributed by atoms with Gasteiger partial charge in [0.2, 0.25) is 5.91 Å². The summed E-state index contributed by atoms with van der Waals surface area (Å²) in [6.07, 6.45) is 6.34. The number of carbonyl (C=O) groups is 2. The molecular formula is C24H27N5O4S2. The molecule has 5 rings (SSSR count). The van der Waals surface area contributed by atoms with Crippen LogP contribution in [0.2, 0.25) is 0 Å². The molecule has 0 unspecified atom stereocenters. The highest BCUT2D eigenvalue weighted by atomic mass is 32.2. The van der Waals surface area contributed by atoms with Crippen molar-refractivity contribution in [2.75, 3.05) is 31.1 Å². The van der Waals surface area contributed by atoms with Crippen LogP contribution in [0.4, 0.5) is 5.82 Å². The lowest BCUT2D eigenvalue weighted by Gasteiger charge is -2.32. The number of aryl methyl sites for hydroxylation is 1. The Morgan fingerprint density at radius 3 is 2.77 bits per heavy atom. The Morgan fingerprint density at radius 2 is 2.09 bits per heavy atom. The summed E-state index contributed by atoms with van der Waals surface area (Å²) in [5.41, 5.74) is 7.02. The third-order valence-corrected chi connectivity index (χ3v) is 8.20. The minimum absolute atomic E-state index is 0.0186. The number of aromatic nitrogens is 2. The highest BCUT2D eigenvalue weighted by Gasteiger charge is 2.35. The first-order valence-electron chi connectivity index (χ1n) is 11.8. The number of anilines is 1. The quantitative estimate of drug-likeness (QED) is 0.478. The van der Waals surface area contributed by atoms with Crippen LogP contribution >= 0.6 is 24.0 Å². The molecule has 2 aromatic heterocycles. The molecule has 0 spiro atoms. The minimum Gasteiger partial charge on any atom is -0.376 e. The van der Waals surface area contributed by atoms with Crippen LogP contribution in [-0.2, 0) is 14.3 Å². The van der Waals surface area contributed by atoms with Crippen LogP contribution in [0.5, 0.6) is 0 Å². The first-order chi connectivity index (χ1) is 16.8. The van der Waals surface area contributed by atoms with Gasteiger partial charge in [-0.1, -0.05) is 30.0 Å². The number of hydrogen-bond donors (Lipinski definition) is 1. The van der Waals surface area contributed by atoms with Crippen LogP contribution in [-0.4, -0.2) is 62.8 Å². The molecule has 0 bridgehead atoms. The zero-order valence-corrected chi connectivity index (χ0v) is 21.1. The number of pyridine rings is 1. The maximum absolute atomic E-state index is 13.6. The van der Waals surface area contributed by atoms with E-state index in [0.29, 0.717) is 65.3 Å². The smallest absolute Gasteiger partial charge is 0.267 e. The van der Waals surface area contributed by atoms with Crippen molar-refractivity contribution in [2.45, 2.75) is 38.7 Å². The fourth-order valence-electron chi connectivity index (χ4n) is 4.82.